The Morgan fingerprint density at radius 2 is 2.24 bits per heavy atom. The van der Waals surface area contributed by atoms with E-state index in [1.807, 2.05) is 0 Å². The number of methoxy groups -OCH3 is 1. The first-order chi connectivity index (χ1) is 7.93. The lowest BCUT2D eigenvalue weighted by Gasteiger charge is -2.10. The fraction of sp³-hybridized carbons (Fsp3) is 0.556. The fourth-order valence-electron chi connectivity index (χ4n) is 1.11. The molecule has 0 aliphatic rings. The van der Waals surface area contributed by atoms with Gasteiger partial charge < -0.3 is 4.74 Å². The van der Waals surface area contributed by atoms with Gasteiger partial charge in [-0.05, 0) is 29.3 Å². The molecular weight excluding hydrogens is 332 g/mol. The third-order valence-corrected chi connectivity index (χ3v) is 4.95. The number of sulfone groups is 1. The second-order valence-corrected chi connectivity index (χ2v) is 6.84. The van der Waals surface area contributed by atoms with Crippen LogP contribution in [-0.4, -0.2) is 36.6 Å². The van der Waals surface area contributed by atoms with Gasteiger partial charge in [0, 0.05) is 12.1 Å². The highest BCUT2D eigenvalue weighted by molar-refractivity contribution is 9.10. The maximum atomic E-state index is 12.0. The second-order valence-electron chi connectivity index (χ2n) is 3.34. The van der Waals surface area contributed by atoms with Crippen LogP contribution in [0.2, 0.25) is 0 Å². The summed E-state index contributed by atoms with van der Waals surface area (Å²) >= 11 is 8.70. The Bertz CT molecular complexity index is 495. The van der Waals surface area contributed by atoms with Gasteiger partial charge in [0.15, 0.2) is 0 Å². The highest BCUT2D eigenvalue weighted by Gasteiger charge is 2.26. The topological polar surface area (TPSA) is 69.2 Å². The minimum absolute atomic E-state index is 0.191. The van der Waals surface area contributed by atoms with Gasteiger partial charge in [-0.3, -0.25) is 0 Å². The van der Waals surface area contributed by atoms with Gasteiger partial charge in [-0.15, -0.1) is 11.6 Å². The number of hydrogen-bond donors (Lipinski definition) is 0. The summed E-state index contributed by atoms with van der Waals surface area (Å²) < 4.78 is 29.5. The lowest BCUT2D eigenvalue weighted by molar-refractivity contribution is 0.388. The molecule has 0 amide bonds. The molecule has 1 rings (SSSR count). The highest BCUT2D eigenvalue weighted by Crippen LogP contribution is 2.23. The van der Waals surface area contributed by atoms with Crippen LogP contribution in [0.5, 0.6) is 5.88 Å². The molecule has 0 saturated carbocycles. The Labute approximate surface area is 114 Å². The smallest absolute Gasteiger partial charge is 0.250 e. The van der Waals surface area contributed by atoms with Crippen molar-refractivity contribution in [3.05, 3.63) is 10.7 Å². The average Bonchev–Trinajstić information content (AvgIpc) is 2.29. The molecule has 0 spiro atoms. The summed E-state index contributed by atoms with van der Waals surface area (Å²) in [6.45, 7) is 1.58. The Balaban J connectivity index is 3.15. The van der Waals surface area contributed by atoms with E-state index in [9.17, 15) is 8.42 Å². The van der Waals surface area contributed by atoms with Crippen molar-refractivity contribution >= 4 is 37.4 Å². The van der Waals surface area contributed by atoms with E-state index in [0.29, 0.717) is 10.9 Å². The van der Waals surface area contributed by atoms with Crippen molar-refractivity contribution in [3.63, 3.8) is 0 Å². The molecule has 5 nitrogen and oxygen atoms in total. The summed E-state index contributed by atoms with van der Waals surface area (Å²) in [6.07, 6.45) is 1.71. The first kappa shape index (κ1) is 14.7. The van der Waals surface area contributed by atoms with Gasteiger partial charge in [0.2, 0.25) is 15.7 Å². The molecular formula is C9H12BrClN2O3S. The Morgan fingerprint density at radius 1 is 1.59 bits per heavy atom. The fourth-order valence-corrected chi connectivity index (χ4v) is 3.11. The van der Waals surface area contributed by atoms with Crippen molar-refractivity contribution in [3.8, 4) is 5.88 Å². The molecule has 96 valence electrons. The van der Waals surface area contributed by atoms with E-state index in [4.69, 9.17) is 16.3 Å². The number of alkyl halides is 1. The lowest BCUT2D eigenvalue weighted by Crippen LogP contribution is -2.21. The van der Waals surface area contributed by atoms with Crippen molar-refractivity contribution in [2.75, 3.05) is 13.0 Å². The third kappa shape index (κ3) is 3.29. The molecule has 0 N–H and O–H groups in total. The molecule has 0 radical (unpaired) electrons. The molecule has 0 saturated heterocycles. The van der Waals surface area contributed by atoms with E-state index in [1.165, 1.54) is 13.3 Å². The van der Waals surface area contributed by atoms with Gasteiger partial charge in [-0.2, -0.15) is 4.98 Å². The highest BCUT2D eigenvalue weighted by atomic mass is 79.9. The summed E-state index contributed by atoms with van der Waals surface area (Å²) in [5.74, 6) is 0.463. The Hall–Kier alpha value is -0.400. The normalized spacial score (nSPS) is 13.4. The van der Waals surface area contributed by atoms with Gasteiger partial charge in [0.25, 0.3) is 5.16 Å². The third-order valence-electron chi connectivity index (χ3n) is 2.18. The molecule has 0 aliphatic carbocycles. The van der Waals surface area contributed by atoms with Crippen LogP contribution in [0, 0.1) is 0 Å². The molecule has 17 heavy (non-hydrogen) atoms. The summed E-state index contributed by atoms with van der Waals surface area (Å²) in [5.41, 5.74) is 0. The maximum absolute atomic E-state index is 12.0. The van der Waals surface area contributed by atoms with E-state index < -0.39 is 15.1 Å². The van der Waals surface area contributed by atoms with Crippen molar-refractivity contribution in [1.82, 2.24) is 9.97 Å². The minimum atomic E-state index is -3.56. The number of ether oxygens (including phenoxy) is 1. The molecule has 1 aromatic heterocycles. The van der Waals surface area contributed by atoms with Crippen LogP contribution >= 0.6 is 27.5 Å². The van der Waals surface area contributed by atoms with Crippen LogP contribution < -0.4 is 4.74 Å². The molecule has 0 aromatic carbocycles. The molecule has 8 heteroatoms. The standard InChI is InChI=1S/C9H12BrClN2O3S/c1-6(3-4-11)17(14,15)9-12-5-7(10)8(13-9)16-2/h5-6H,3-4H2,1-2H3. The monoisotopic (exact) mass is 342 g/mol. The molecule has 0 bridgehead atoms. The number of nitrogens with zero attached hydrogens (tertiary/aromatic N) is 2. The van der Waals surface area contributed by atoms with E-state index in [2.05, 4.69) is 25.9 Å². The zero-order chi connectivity index (χ0) is 13.1. The van der Waals surface area contributed by atoms with E-state index in [-0.39, 0.29) is 16.9 Å². The first-order valence-corrected chi connectivity index (χ1v) is 7.67. The average molecular weight is 344 g/mol. The SMILES string of the molecule is COc1nc(S(=O)(=O)C(C)CCCl)ncc1Br. The molecule has 1 aromatic rings. The molecule has 1 heterocycles. The van der Waals surface area contributed by atoms with Crippen LogP contribution in [0.3, 0.4) is 0 Å². The number of halogens is 2. The summed E-state index contributed by atoms with van der Waals surface area (Å²) in [4.78, 5) is 7.65. The van der Waals surface area contributed by atoms with Crippen molar-refractivity contribution in [2.24, 2.45) is 0 Å². The number of aromatic nitrogens is 2. The van der Waals surface area contributed by atoms with Gasteiger partial charge in [-0.1, -0.05) is 0 Å². The quantitative estimate of drug-likeness (QED) is 0.604. The predicted octanol–water partition coefficient (Wildman–Crippen LogP) is 2.04. The van der Waals surface area contributed by atoms with Gasteiger partial charge in [0.05, 0.1) is 16.8 Å². The maximum Gasteiger partial charge on any atom is 0.250 e. The van der Waals surface area contributed by atoms with Crippen molar-refractivity contribution in [1.29, 1.82) is 0 Å². The first-order valence-electron chi connectivity index (χ1n) is 4.80. The predicted molar refractivity (Wildman–Crippen MR) is 68.3 cm³/mol. The van der Waals surface area contributed by atoms with Crippen LogP contribution in [-0.2, 0) is 9.84 Å². The zero-order valence-corrected chi connectivity index (χ0v) is 12.5. The molecule has 0 fully saturated rings. The van der Waals surface area contributed by atoms with Crippen LogP contribution in [0.1, 0.15) is 13.3 Å². The summed E-state index contributed by atoms with van der Waals surface area (Å²) in [7, 11) is -2.15. The van der Waals surface area contributed by atoms with Crippen LogP contribution in [0.15, 0.2) is 15.8 Å². The van der Waals surface area contributed by atoms with E-state index >= 15 is 0 Å². The van der Waals surface area contributed by atoms with Gasteiger partial charge in [-0.25, -0.2) is 13.4 Å². The zero-order valence-electron chi connectivity index (χ0n) is 9.35. The van der Waals surface area contributed by atoms with Crippen molar-refractivity contribution < 1.29 is 13.2 Å². The summed E-state index contributed by atoms with van der Waals surface area (Å²) in [6, 6.07) is 0. The molecule has 1 atom stereocenters. The Kier molecular flexibility index (Phi) is 5.15. The van der Waals surface area contributed by atoms with Crippen LogP contribution in [0.25, 0.3) is 0 Å². The van der Waals surface area contributed by atoms with Crippen molar-refractivity contribution in [2.45, 2.75) is 23.8 Å². The second kappa shape index (κ2) is 5.97. The van der Waals surface area contributed by atoms with Gasteiger partial charge in [0.1, 0.15) is 0 Å². The molecule has 1 unspecified atom stereocenters. The van der Waals surface area contributed by atoms with E-state index in [1.54, 1.807) is 6.92 Å². The largest absolute Gasteiger partial charge is 0.480 e. The Morgan fingerprint density at radius 3 is 2.76 bits per heavy atom. The number of rotatable bonds is 5. The minimum Gasteiger partial charge on any atom is -0.480 e. The van der Waals surface area contributed by atoms with Crippen LogP contribution in [0.4, 0.5) is 0 Å². The van der Waals surface area contributed by atoms with Gasteiger partial charge >= 0.3 is 0 Å². The van der Waals surface area contributed by atoms with E-state index in [0.717, 1.165) is 0 Å². The number of hydrogen-bond acceptors (Lipinski definition) is 5. The molecule has 0 aliphatic heterocycles. The summed E-state index contributed by atoms with van der Waals surface area (Å²) in [5, 5.41) is -0.860. The lowest BCUT2D eigenvalue weighted by atomic mass is 10.4.